The summed E-state index contributed by atoms with van der Waals surface area (Å²) in [4.78, 5) is 2.30. The molecule has 0 atom stereocenters. The van der Waals surface area contributed by atoms with Gasteiger partial charge >= 0.3 is 0 Å². The van der Waals surface area contributed by atoms with Crippen molar-refractivity contribution in [1.82, 2.24) is 9.91 Å². The Balaban J connectivity index is 1.75. The Morgan fingerprint density at radius 3 is 2.19 bits per heavy atom. The molecule has 2 aromatic rings. The standard InChI is InChI=1S/C21H27N3O3/c1-23-9-11-24(12-10-23)22-15-18-13-19(25-2)21(20(14-18)26-3)27-16-17-7-5-4-6-8-17/h4-8,13-15H,9-12,16H2,1-3H3/b22-15-. The molecule has 0 amide bonds. The zero-order chi connectivity index (χ0) is 19.1. The van der Waals surface area contributed by atoms with Crippen LogP contribution in [0.1, 0.15) is 11.1 Å². The van der Waals surface area contributed by atoms with Gasteiger partial charge in [0.05, 0.1) is 20.4 Å². The fourth-order valence-corrected chi connectivity index (χ4v) is 2.91. The van der Waals surface area contributed by atoms with Crippen molar-refractivity contribution < 1.29 is 14.2 Å². The zero-order valence-electron chi connectivity index (χ0n) is 16.2. The molecule has 0 bridgehead atoms. The van der Waals surface area contributed by atoms with Crippen molar-refractivity contribution in [3.05, 3.63) is 53.6 Å². The number of methoxy groups -OCH3 is 2. The van der Waals surface area contributed by atoms with Gasteiger partial charge in [-0.25, -0.2) is 0 Å². The number of benzene rings is 2. The van der Waals surface area contributed by atoms with Crippen LogP contribution in [-0.2, 0) is 6.61 Å². The molecule has 0 saturated carbocycles. The summed E-state index contributed by atoms with van der Waals surface area (Å²) in [6.07, 6.45) is 1.84. The molecule has 6 nitrogen and oxygen atoms in total. The van der Waals surface area contributed by atoms with Gasteiger partial charge in [-0.3, -0.25) is 5.01 Å². The Hall–Kier alpha value is -2.73. The summed E-state index contributed by atoms with van der Waals surface area (Å²) in [6, 6.07) is 13.9. The third-order valence-electron chi connectivity index (χ3n) is 4.56. The van der Waals surface area contributed by atoms with Crippen LogP contribution in [0.4, 0.5) is 0 Å². The van der Waals surface area contributed by atoms with E-state index in [1.54, 1.807) is 14.2 Å². The molecule has 2 aromatic carbocycles. The second-order valence-corrected chi connectivity index (χ2v) is 6.53. The van der Waals surface area contributed by atoms with E-state index in [1.165, 1.54) is 0 Å². The molecule has 6 heteroatoms. The van der Waals surface area contributed by atoms with Crippen LogP contribution in [0.2, 0.25) is 0 Å². The van der Waals surface area contributed by atoms with Crippen LogP contribution in [0, 0.1) is 0 Å². The van der Waals surface area contributed by atoms with E-state index in [-0.39, 0.29) is 0 Å². The van der Waals surface area contributed by atoms with Crippen molar-refractivity contribution in [2.45, 2.75) is 6.61 Å². The van der Waals surface area contributed by atoms with Crippen molar-refractivity contribution >= 4 is 6.21 Å². The van der Waals surface area contributed by atoms with Crippen molar-refractivity contribution in [3.63, 3.8) is 0 Å². The minimum atomic E-state index is 0.447. The van der Waals surface area contributed by atoms with Crippen LogP contribution in [0.15, 0.2) is 47.6 Å². The Morgan fingerprint density at radius 2 is 1.59 bits per heavy atom. The lowest BCUT2D eigenvalue weighted by Gasteiger charge is -2.30. The molecule has 3 rings (SSSR count). The number of piperazine rings is 1. The van der Waals surface area contributed by atoms with Crippen LogP contribution < -0.4 is 14.2 Å². The summed E-state index contributed by atoms with van der Waals surface area (Å²) in [5.41, 5.74) is 2.00. The molecule has 144 valence electrons. The second kappa shape index (κ2) is 9.28. The number of rotatable bonds is 7. The average molecular weight is 369 g/mol. The Labute approximate surface area is 160 Å². The van der Waals surface area contributed by atoms with E-state index in [0.29, 0.717) is 23.9 Å². The molecule has 1 aliphatic heterocycles. The highest BCUT2D eigenvalue weighted by atomic mass is 16.5. The van der Waals surface area contributed by atoms with Crippen LogP contribution in [0.5, 0.6) is 17.2 Å². The van der Waals surface area contributed by atoms with E-state index in [4.69, 9.17) is 14.2 Å². The molecule has 1 heterocycles. The lowest BCUT2D eigenvalue weighted by atomic mass is 10.2. The molecule has 0 N–H and O–H groups in total. The fourth-order valence-electron chi connectivity index (χ4n) is 2.91. The maximum atomic E-state index is 5.99. The van der Waals surface area contributed by atoms with Gasteiger partial charge in [0.25, 0.3) is 0 Å². The van der Waals surface area contributed by atoms with Gasteiger partial charge in [0.15, 0.2) is 11.5 Å². The van der Waals surface area contributed by atoms with Gasteiger partial charge in [-0.05, 0) is 24.7 Å². The molecular formula is C21H27N3O3. The molecule has 0 radical (unpaired) electrons. The summed E-state index contributed by atoms with van der Waals surface area (Å²) >= 11 is 0. The van der Waals surface area contributed by atoms with E-state index in [1.807, 2.05) is 48.7 Å². The fraction of sp³-hybridized carbons (Fsp3) is 0.381. The number of ether oxygens (including phenoxy) is 3. The van der Waals surface area contributed by atoms with Gasteiger partial charge < -0.3 is 19.1 Å². The predicted octanol–water partition coefficient (Wildman–Crippen LogP) is 2.86. The topological polar surface area (TPSA) is 46.5 Å². The van der Waals surface area contributed by atoms with Gasteiger partial charge in [-0.2, -0.15) is 5.10 Å². The molecule has 1 aliphatic rings. The molecule has 27 heavy (non-hydrogen) atoms. The molecule has 0 aliphatic carbocycles. The molecule has 1 saturated heterocycles. The Bertz CT molecular complexity index is 732. The third kappa shape index (κ3) is 5.14. The van der Waals surface area contributed by atoms with E-state index >= 15 is 0 Å². The van der Waals surface area contributed by atoms with Crippen LogP contribution in [0.25, 0.3) is 0 Å². The number of hydrogen-bond donors (Lipinski definition) is 0. The highest BCUT2D eigenvalue weighted by molar-refractivity contribution is 5.82. The first-order valence-corrected chi connectivity index (χ1v) is 9.10. The van der Waals surface area contributed by atoms with Crippen molar-refractivity contribution in [2.24, 2.45) is 5.10 Å². The van der Waals surface area contributed by atoms with E-state index < -0.39 is 0 Å². The average Bonchev–Trinajstić information content (AvgIpc) is 2.72. The molecule has 1 fully saturated rings. The molecular weight excluding hydrogens is 342 g/mol. The number of hydrogen-bond acceptors (Lipinski definition) is 6. The lowest BCUT2D eigenvalue weighted by molar-refractivity contribution is 0.159. The summed E-state index contributed by atoms with van der Waals surface area (Å²) in [6.45, 7) is 4.36. The largest absolute Gasteiger partial charge is 0.493 e. The van der Waals surface area contributed by atoms with Crippen LogP contribution in [-0.4, -0.2) is 63.6 Å². The summed E-state index contributed by atoms with van der Waals surface area (Å²) in [7, 11) is 5.39. The van der Waals surface area contributed by atoms with E-state index in [0.717, 1.165) is 37.3 Å². The first-order valence-electron chi connectivity index (χ1n) is 9.10. The number of nitrogens with zero attached hydrogens (tertiary/aromatic N) is 3. The van der Waals surface area contributed by atoms with E-state index in [2.05, 4.69) is 22.1 Å². The summed E-state index contributed by atoms with van der Waals surface area (Å²) in [5.74, 6) is 1.86. The van der Waals surface area contributed by atoms with Crippen LogP contribution >= 0.6 is 0 Å². The van der Waals surface area contributed by atoms with Gasteiger partial charge in [0, 0.05) is 31.7 Å². The molecule has 0 spiro atoms. The summed E-state index contributed by atoms with van der Waals surface area (Å²) < 4.78 is 17.1. The van der Waals surface area contributed by atoms with Crippen molar-refractivity contribution in [1.29, 1.82) is 0 Å². The highest BCUT2D eigenvalue weighted by Crippen LogP contribution is 2.38. The Morgan fingerprint density at radius 1 is 0.963 bits per heavy atom. The third-order valence-corrected chi connectivity index (χ3v) is 4.56. The van der Waals surface area contributed by atoms with Gasteiger partial charge in [-0.1, -0.05) is 30.3 Å². The molecule has 0 aromatic heterocycles. The van der Waals surface area contributed by atoms with Gasteiger partial charge in [0.2, 0.25) is 5.75 Å². The maximum absolute atomic E-state index is 5.99. The minimum Gasteiger partial charge on any atom is -0.493 e. The smallest absolute Gasteiger partial charge is 0.203 e. The molecule has 0 unspecified atom stereocenters. The first-order chi connectivity index (χ1) is 13.2. The van der Waals surface area contributed by atoms with E-state index in [9.17, 15) is 0 Å². The second-order valence-electron chi connectivity index (χ2n) is 6.53. The van der Waals surface area contributed by atoms with Crippen molar-refractivity contribution in [3.8, 4) is 17.2 Å². The monoisotopic (exact) mass is 369 g/mol. The maximum Gasteiger partial charge on any atom is 0.203 e. The quantitative estimate of drug-likeness (QED) is 0.703. The van der Waals surface area contributed by atoms with Gasteiger partial charge in [-0.15, -0.1) is 0 Å². The predicted molar refractivity (Wildman–Crippen MR) is 107 cm³/mol. The zero-order valence-corrected chi connectivity index (χ0v) is 16.2. The summed E-state index contributed by atoms with van der Waals surface area (Å²) in [5, 5.41) is 6.67. The van der Waals surface area contributed by atoms with Crippen LogP contribution in [0.3, 0.4) is 0 Å². The minimum absolute atomic E-state index is 0.447. The number of likely N-dealkylation sites (N-methyl/N-ethyl adjacent to an activating group) is 1. The Kier molecular flexibility index (Phi) is 6.54. The highest BCUT2D eigenvalue weighted by Gasteiger charge is 2.15. The number of hydrazone groups is 1. The first kappa shape index (κ1) is 19.0. The van der Waals surface area contributed by atoms with Crippen molar-refractivity contribution in [2.75, 3.05) is 47.4 Å². The van der Waals surface area contributed by atoms with Gasteiger partial charge in [0.1, 0.15) is 6.61 Å². The normalized spacial score (nSPS) is 15.1. The lowest BCUT2D eigenvalue weighted by Crippen LogP contribution is -2.41. The SMILES string of the molecule is COc1cc(/C=N\N2CCN(C)CC2)cc(OC)c1OCc1ccccc1.